The molecule has 0 unspecified atom stereocenters. The van der Waals surface area contributed by atoms with E-state index in [1.165, 1.54) is 18.3 Å². The van der Waals surface area contributed by atoms with Crippen LogP contribution in [0, 0.1) is 17.0 Å². The Morgan fingerprint density at radius 1 is 1.30 bits per heavy atom. The molecule has 0 bridgehead atoms. The van der Waals surface area contributed by atoms with E-state index in [0.717, 1.165) is 11.3 Å². The number of benzene rings is 2. The highest BCUT2D eigenvalue weighted by Gasteiger charge is 2.12. The lowest BCUT2D eigenvalue weighted by molar-refractivity contribution is -0.385. The molecular formula is C14H13N3O3. The van der Waals surface area contributed by atoms with Crippen LogP contribution in [-0.2, 0) is 0 Å². The molecule has 2 aromatic carbocycles. The van der Waals surface area contributed by atoms with Crippen molar-refractivity contribution in [3.05, 3.63) is 63.7 Å². The highest BCUT2D eigenvalue weighted by molar-refractivity contribution is 5.82. The van der Waals surface area contributed by atoms with Crippen molar-refractivity contribution >= 4 is 17.6 Å². The van der Waals surface area contributed by atoms with Crippen LogP contribution in [-0.4, -0.2) is 16.2 Å². The molecule has 6 nitrogen and oxygen atoms in total. The summed E-state index contributed by atoms with van der Waals surface area (Å²) in [6.07, 6.45) is 1.45. The molecule has 6 heteroatoms. The molecule has 2 rings (SSSR count). The summed E-state index contributed by atoms with van der Waals surface area (Å²) in [7, 11) is 0. The van der Waals surface area contributed by atoms with E-state index in [-0.39, 0.29) is 11.4 Å². The van der Waals surface area contributed by atoms with E-state index in [9.17, 15) is 15.2 Å². The number of anilines is 1. The number of phenols is 1. The Morgan fingerprint density at radius 3 is 2.80 bits per heavy atom. The summed E-state index contributed by atoms with van der Waals surface area (Å²) in [4.78, 5) is 10.1. The zero-order chi connectivity index (χ0) is 14.5. The molecule has 0 aromatic heterocycles. The zero-order valence-corrected chi connectivity index (χ0v) is 10.8. The van der Waals surface area contributed by atoms with Gasteiger partial charge in [0.1, 0.15) is 0 Å². The number of aryl methyl sites for hydroxylation is 1. The minimum Gasteiger partial charge on any atom is -0.502 e. The maximum absolute atomic E-state index is 10.7. The summed E-state index contributed by atoms with van der Waals surface area (Å²) in [5, 5.41) is 24.0. The van der Waals surface area contributed by atoms with Gasteiger partial charge in [0.25, 0.3) is 0 Å². The monoisotopic (exact) mass is 271 g/mol. The van der Waals surface area contributed by atoms with E-state index >= 15 is 0 Å². The fourth-order valence-corrected chi connectivity index (χ4v) is 1.66. The number of nitro benzene ring substituents is 1. The van der Waals surface area contributed by atoms with E-state index in [1.54, 1.807) is 6.07 Å². The van der Waals surface area contributed by atoms with Gasteiger partial charge in [0.05, 0.1) is 16.8 Å². The number of aromatic hydroxyl groups is 1. The minimum absolute atomic E-state index is 0.343. The first kappa shape index (κ1) is 13.5. The van der Waals surface area contributed by atoms with Crippen LogP contribution in [0.2, 0.25) is 0 Å². The molecule has 2 N–H and O–H groups in total. The molecular weight excluding hydrogens is 258 g/mol. The number of hydrogen-bond donors (Lipinski definition) is 2. The molecule has 20 heavy (non-hydrogen) atoms. The molecule has 0 radical (unpaired) electrons. The van der Waals surface area contributed by atoms with Gasteiger partial charge in [0.15, 0.2) is 5.75 Å². The summed E-state index contributed by atoms with van der Waals surface area (Å²) in [5.41, 5.74) is 4.94. The highest BCUT2D eigenvalue weighted by atomic mass is 16.6. The van der Waals surface area contributed by atoms with Gasteiger partial charge >= 0.3 is 5.69 Å². The topological polar surface area (TPSA) is 87.8 Å². The number of nitrogens with zero attached hydrogens (tertiary/aromatic N) is 2. The van der Waals surface area contributed by atoms with Gasteiger partial charge < -0.3 is 5.11 Å². The molecule has 0 aliphatic rings. The molecule has 0 aliphatic carbocycles. The van der Waals surface area contributed by atoms with Gasteiger partial charge in [-0.25, -0.2) is 0 Å². The van der Waals surface area contributed by atoms with Crippen molar-refractivity contribution in [3.8, 4) is 5.75 Å². The first-order chi connectivity index (χ1) is 9.56. The molecule has 0 aliphatic heterocycles. The number of hydrogen-bond acceptors (Lipinski definition) is 5. The van der Waals surface area contributed by atoms with E-state index in [4.69, 9.17) is 0 Å². The van der Waals surface area contributed by atoms with Crippen molar-refractivity contribution in [1.82, 2.24) is 0 Å². The van der Waals surface area contributed by atoms with Crippen molar-refractivity contribution in [1.29, 1.82) is 0 Å². The van der Waals surface area contributed by atoms with E-state index < -0.39 is 4.92 Å². The SMILES string of the molecule is Cc1cccc(N/N=C\c2ccc(O)c([N+](=O)[O-])c2)c1. The van der Waals surface area contributed by atoms with E-state index in [2.05, 4.69) is 10.5 Å². The largest absolute Gasteiger partial charge is 0.502 e. The molecule has 0 fully saturated rings. The Hall–Kier alpha value is -2.89. The van der Waals surface area contributed by atoms with Crippen LogP contribution in [0.15, 0.2) is 47.6 Å². The van der Waals surface area contributed by atoms with Gasteiger partial charge in [0, 0.05) is 11.6 Å². The van der Waals surface area contributed by atoms with Gasteiger partial charge in [-0.3, -0.25) is 15.5 Å². The van der Waals surface area contributed by atoms with Crippen molar-refractivity contribution in [3.63, 3.8) is 0 Å². The van der Waals surface area contributed by atoms with E-state index in [0.29, 0.717) is 5.56 Å². The molecule has 0 atom stereocenters. The summed E-state index contributed by atoms with van der Waals surface area (Å²) >= 11 is 0. The third kappa shape index (κ3) is 3.32. The Morgan fingerprint density at radius 2 is 2.10 bits per heavy atom. The average molecular weight is 271 g/mol. The number of hydrazone groups is 1. The third-order valence-electron chi connectivity index (χ3n) is 2.62. The van der Waals surface area contributed by atoms with Crippen molar-refractivity contribution in [2.45, 2.75) is 6.92 Å². The zero-order valence-electron chi connectivity index (χ0n) is 10.8. The lowest BCUT2D eigenvalue weighted by Gasteiger charge is -2.01. The summed E-state index contributed by atoms with van der Waals surface area (Å²) in [6.45, 7) is 1.97. The van der Waals surface area contributed by atoms with Crippen LogP contribution in [0.4, 0.5) is 11.4 Å². The fraction of sp³-hybridized carbons (Fsp3) is 0.0714. The number of rotatable bonds is 4. The predicted molar refractivity (Wildman–Crippen MR) is 77.2 cm³/mol. The smallest absolute Gasteiger partial charge is 0.311 e. The number of phenolic OH excluding ortho intramolecular Hbond substituents is 1. The second-order valence-corrected chi connectivity index (χ2v) is 4.24. The van der Waals surface area contributed by atoms with E-state index in [1.807, 2.05) is 31.2 Å². The predicted octanol–water partition coefficient (Wildman–Crippen LogP) is 3.05. The average Bonchev–Trinajstić information content (AvgIpc) is 2.40. The molecule has 0 saturated carbocycles. The number of nitro groups is 1. The third-order valence-corrected chi connectivity index (χ3v) is 2.62. The van der Waals surface area contributed by atoms with Gasteiger partial charge in [-0.2, -0.15) is 5.10 Å². The first-order valence-electron chi connectivity index (χ1n) is 5.89. The van der Waals surface area contributed by atoms with Gasteiger partial charge in [-0.05, 0) is 36.8 Å². The Balaban J connectivity index is 2.12. The maximum atomic E-state index is 10.7. The normalized spacial score (nSPS) is 10.7. The Labute approximate surface area is 115 Å². The second kappa shape index (κ2) is 5.83. The molecule has 102 valence electrons. The maximum Gasteiger partial charge on any atom is 0.311 e. The first-order valence-corrected chi connectivity index (χ1v) is 5.89. The van der Waals surface area contributed by atoms with Crippen LogP contribution in [0.1, 0.15) is 11.1 Å². The molecule has 2 aromatic rings. The molecule has 0 saturated heterocycles. The van der Waals surface area contributed by atoms with Gasteiger partial charge in [-0.15, -0.1) is 0 Å². The fourth-order valence-electron chi connectivity index (χ4n) is 1.66. The lowest BCUT2D eigenvalue weighted by Crippen LogP contribution is -1.93. The van der Waals surface area contributed by atoms with Gasteiger partial charge in [0.2, 0.25) is 0 Å². The Kier molecular flexibility index (Phi) is 3.95. The number of nitrogens with one attached hydrogen (secondary N) is 1. The van der Waals surface area contributed by atoms with Crippen molar-refractivity contribution < 1.29 is 10.0 Å². The lowest BCUT2D eigenvalue weighted by atomic mass is 10.2. The Bertz CT molecular complexity index is 668. The van der Waals surface area contributed by atoms with Crippen LogP contribution >= 0.6 is 0 Å². The van der Waals surface area contributed by atoms with Crippen LogP contribution in [0.25, 0.3) is 0 Å². The minimum atomic E-state index is -0.638. The summed E-state index contributed by atoms with van der Waals surface area (Å²) in [6, 6.07) is 11.7. The van der Waals surface area contributed by atoms with Crippen LogP contribution < -0.4 is 5.43 Å². The second-order valence-electron chi connectivity index (χ2n) is 4.24. The molecule has 0 amide bonds. The molecule has 0 heterocycles. The van der Waals surface area contributed by atoms with Crippen molar-refractivity contribution in [2.75, 3.05) is 5.43 Å². The van der Waals surface area contributed by atoms with Crippen molar-refractivity contribution in [2.24, 2.45) is 5.10 Å². The standard InChI is InChI=1S/C14H13N3O3/c1-10-3-2-4-12(7-10)16-15-9-11-5-6-14(18)13(8-11)17(19)20/h2-9,16,18H,1H3/b15-9-. The highest BCUT2D eigenvalue weighted by Crippen LogP contribution is 2.25. The summed E-state index contributed by atoms with van der Waals surface area (Å²) < 4.78 is 0. The quantitative estimate of drug-likeness (QED) is 0.508. The molecule has 0 spiro atoms. The van der Waals surface area contributed by atoms with Crippen LogP contribution in [0.3, 0.4) is 0 Å². The van der Waals surface area contributed by atoms with Gasteiger partial charge in [-0.1, -0.05) is 12.1 Å². The summed E-state index contributed by atoms with van der Waals surface area (Å²) in [5.74, 6) is -0.362. The van der Waals surface area contributed by atoms with Crippen LogP contribution in [0.5, 0.6) is 5.75 Å².